The molecule has 1 heterocycles. The molecule has 1 aliphatic rings. The normalized spacial score (nSPS) is 15.3. The number of ether oxygens (including phenoxy) is 1. The second-order valence-corrected chi connectivity index (χ2v) is 9.01. The van der Waals surface area contributed by atoms with Gasteiger partial charge in [0, 0.05) is 38.8 Å². The third-order valence-electron chi connectivity index (χ3n) is 5.71. The van der Waals surface area contributed by atoms with Crippen LogP contribution in [-0.2, 0) is 0 Å². The highest BCUT2D eigenvalue weighted by Gasteiger charge is 2.21. The van der Waals surface area contributed by atoms with E-state index in [9.17, 15) is 14.6 Å². The van der Waals surface area contributed by atoms with Crippen LogP contribution in [0.15, 0.2) is 72.8 Å². The molecule has 2 N–H and O–H groups in total. The maximum atomic E-state index is 11.9. The summed E-state index contributed by atoms with van der Waals surface area (Å²) < 4.78 is 17.4. The lowest BCUT2D eigenvalue weighted by atomic mass is 10.1. The van der Waals surface area contributed by atoms with Gasteiger partial charge in [0.15, 0.2) is 0 Å². The molecular formula is C28H31ClFN3O3. The SMILES string of the molecule is CC(O)COc1ccc(N2CCN(CC(O)c3ccc(C#N)cc3)CC2)c(Cl)c1.Fc1ccccc1. The number of nitriles is 1. The van der Waals surface area contributed by atoms with E-state index in [0.717, 1.165) is 37.4 Å². The standard InChI is InChI=1S/C22H26ClN3O3.C6H5F/c1-16(27)15-29-19-6-7-21(20(23)12-19)26-10-8-25(9-11-26)14-22(28)18-4-2-17(13-24)3-5-18;7-6-4-2-1-3-5-6/h2-7,12,16,22,27-28H,8-11,14-15H2,1H3;1-5H. The first-order valence-corrected chi connectivity index (χ1v) is 12.2. The molecule has 3 aromatic carbocycles. The molecule has 36 heavy (non-hydrogen) atoms. The van der Waals surface area contributed by atoms with Gasteiger partial charge in [0.05, 0.1) is 34.6 Å². The molecule has 2 atom stereocenters. The van der Waals surface area contributed by atoms with Crippen LogP contribution >= 0.6 is 11.6 Å². The molecule has 1 aliphatic heterocycles. The third-order valence-corrected chi connectivity index (χ3v) is 6.01. The first kappa shape index (κ1) is 27.4. The maximum absolute atomic E-state index is 11.9. The molecule has 190 valence electrons. The van der Waals surface area contributed by atoms with E-state index in [4.69, 9.17) is 21.6 Å². The number of piperazine rings is 1. The van der Waals surface area contributed by atoms with Crippen molar-refractivity contribution in [2.75, 3.05) is 44.2 Å². The third kappa shape index (κ3) is 8.51. The minimum Gasteiger partial charge on any atom is -0.491 e. The molecule has 0 radical (unpaired) electrons. The summed E-state index contributed by atoms with van der Waals surface area (Å²) in [5.74, 6) is 0.464. The number of hydrogen-bond acceptors (Lipinski definition) is 6. The van der Waals surface area contributed by atoms with Gasteiger partial charge in [-0.15, -0.1) is 0 Å². The van der Waals surface area contributed by atoms with Crippen molar-refractivity contribution in [2.24, 2.45) is 0 Å². The average Bonchev–Trinajstić information content (AvgIpc) is 2.89. The molecule has 4 rings (SSSR count). The number of nitrogens with zero attached hydrogens (tertiary/aromatic N) is 3. The Morgan fingerprint density at radius 2 is 1.67 bits per heavy atom. The van der Waals surface area contributed by atoms with Crippen molar-refractivity contribution in [3.8, 4) is 11.8 Å². The number of β-amino-alcohol motifs (C(OH)–C–C–N with tert-alkyl or cyclic N) is 1. The Hall–Kier alpha value is -3.15. The van der Waals surface area contributed by atoms with Crippen molar-refractivity contribution >= 4 is 17.3 Å². The van der Waals surface area contributed by atoms with E-state index in [2.05, 4.69) is 15.9 Å². The number of hydrogen-bond donors (Lipinski definition) is 2. The monoisotopic (exact) mass is 511 g/mol. The van der Waals surface area contributed by atoms with Gasteiger partial charge >= 0.3 is 0 Å². The lowest BCUT2D eigenvalue weighted by Crippen LogP contribution is -2.47. The van der Waals surface area contributed by atoms with Crippen molar-refractivity contribution in [1.82, 2.24) is 4.90 Å². The maximum Gasteiger partial charge on any atom is 0.123 e. The molecule has 2 unspecified atom stereocenters. The Labute approximate surface area is 216 Å². The molecule has 6 nitrogen and oxygen atoms in total. The highest BCUT2D eigenvalue weighted by molar-refractivity contribution is 6.33. The largest absolute Gasteiger partial charge is 0.491 e. The van der Waals surface area contributed by atoms with Gasteiger partial charge < -0.3 is 19.8 Å². The van der Waals surface area contributed by atoms with Crippen LogP contribution in [0, 0.1) is 17.1 Å². The van der Waals surface area contributed by atoms with E-state index in [1.54, 1.807) is 55.5 Å². The Kier molecular flexibility index (Phi) is 10.5. The van der Waals surface area contributed by atoms with Crippen LogP contribution in [0.5, 0.6) is 5.75 Å². The lowest BCUT2D eigenvalue weighted by Gasteiger charge is -2.37. The quantitative estimate of drug-likeness (QED) is 0.480. The number of anilines is 1. The smallest absolute Gasteiger partial charge is 0.123 e. The van der Waals surface area contributed by atoms with Crippen LogP contribution in [0.3, 0.4) is 0 Å². The predicted molar refractivity (Wildman–Crippen MR) is 140 cm³/mol. The molecule has 3 aromatic rings. The Balaban J connectivity index is 0.000000444. The summed E-state index contributed by atoms with van der Waals surface area (Å²) in [7, 11) is 0. The minimum atomic E-state index is -0.580. The second kappa shape index (κ2) is 13.8. The highest BCUT2D eigenvalue weighted by Crippen LogP contribution is 2.31. The van der Waals surface area contributed by atoms with Gasteiger partial charge in [0.1, 0.15) is 18.2 Å². The summed E-state index contributed by atoms with van der Waals surface area (Å²) in [5.41, 5.74) is 2.37. The molecule has 1 fully saturated rings. The summed E-state index contributed by atoms with van der Waals surface area (Å²) in [6, 6.07) is 22.7. The summed E-state index contributed by atoms with van der Waals surface area (Å²) in [6.45, 7) is 5.73. The van der Waals surface area contributed by atoms with Crippen molar-refractivity contribution in [1.29, 1.82) is 5.26 Å². The number of benzene rings is 3. The molecule has 1 saturated heterocycles. The number of aliphatic hydroxyl groups is 2. The fraction of sp³-hybridized carbons (Fsp3) is 0.321. The van der Waals surface area contributed by atoms with E-state index in [0.29, 0.717) is 22.9 Å². The van der Waals surface area contributed by atoms with Gasteiger partial charge in [-0.05, 0) is 48.9 Å². The van der Waals surface area contributed by atoms with Gasteiger partial charge in [-0.25, -0.2) is 4.39 Å². The molecular weight excluding hydrogens is 481 g/mol. The molecule has 0 bridgehead atoms. The van der Waals surface area contributed by atoms with Crippen molar-refractivity contribution in [3.63, 3.8) is 0 Å². The molecule has 0 amide bonds. The van der Waals surface area contributed by atoms with E-state index in [1.807, 2.05) is 12.1 Å². The summed E-state index contributed by atoms with van der Waals surface area (Å²) in [5, 5.41) is 29.3. The van der Waals surface area contributed by atoms with Crippen LogP contribution in [0.1, 0.15) is 24.2 Å². The minimum absolute atomic E-state index is 0.178. The van der Waals surface area contributed by atoms with Gasteiger partial charge in [0.2, 0.25) is 0 Å². The first-order valence-electron chi connectivity index (χ1n) is 11.8. The fourth-order valence-electron chi connectivity index (χ4n) is 3.77. The molecule has 8 heteroatoms. The van der Waals surface area contributed by atoms with E-state index in [1.165, 1.54) is 12.1 Å². The van der Waals surface area contributed by atoms with Crippen LogP contribution in [0.2, 0.25) is 5.02 Å². The lowest BCUT2D eigenvalue weighted by molar-refractivity contribution is 0.109. The zero-order chi connectivity index (χ0) is 25.9. The molecule has 0 aliphatic carbocycles. The van der Waals surface area contributed by atoms with Crippen molar-refractivity contribution < 1.29 is 19.3 Å². The Morgan fingerprint density at radius 3 is 2.19 bits per heavy atom. The van der Waals surface area contributed by atoms with Gasteiger partial charge in [0.25, 0.3) is 0 Å². The number of rotatable bonds is 7. The predicted octanol–water partition coefficient (Wildman–Crippen LogP) is 4.65. The highest BCUT2D eigenvalue weighted by atomic mass is 35.5. The summed E-state index contributed by atoms with van der Waals surface area (Å²) in [6.07, 6.45) is -1.11. The van der Waals surface area contributed by atoms with E-state index >= 15 is 0 Å². The van der Waals surface area contributed by atoms with Crippen LogP contribution in [-0.4, -0.2) is 60.5 Å². The fourth-order valence-corrected chi connectivity index (χ4v) is 4.06. The van der Waals surface area contributed by atoms with Gasteiger partial charge in [-0.2, -0.15) is 5.26 Å². The van der Waals surface area contributed by atoms with Crippen LogP contribution in [0.4, 0.5) is 10.1 Å². The number of halogens is 2. The molecule has 0 aromatic heterocycles. The zero-order valence-electron chi connectivity index (χ0n) is 20.2. The van der Waals surface area contributed by atoms with Gasteiger partial charge in [-0.3, -0.25) is 4.90 Å². The molecule has 0 saturated carbocycles. The molecule has 0 spiro atoms. The zero-order valence-corrected chi connectivity index (χ0v) is 21.0. The topological polar surface area (TPSA) is 80.0 Å². The summed E-state index contributed by atoms with van der Waals surface area (Å²) in [4.78, 5) is 4.46. The van der Waals surface area contributed by atoms with Crippen LogP contribution in [0.25, 0.3) is 0 Å². The first-order chi connectivity index (χ1) is 17.4. The Morgan fingerprint density at radius 1 is 1.00 bits per heavy atom. The van der Waals surface area contributed by atoms with E-state index < -0.39 is 12.2 Å². The van der Waals surface area contributed by atoms with E-state index in [-0.39, 0.29) is 12.4 Å². The van der Waals surface area contributed by atoms with Crippen molar-refractivity contribution in [2.45, 2.75) is 19.1 Å². The van der Waals surface area contributed by atoms with Gasteiger partial charge in [-0.1, -0.05) is 41.9 Å². The Bertz CT molecular complexity index is 1120. The summed E-state index contributed by atoms with van der Waals surface area (Å²) >= 11 is 6.44. The van der Waals surface area contributed by atoms with Crippen molar-refractivity contribution in [3.05, 3.63) is 94.8 Å². The average molecular weight is 512 g/mol. The van der Waals surface area contributed by atoms with Crippen LogP contribution < -0.4 is 9.64 Å². The number of aliphatic hydroxyl groups excluding tert-OH is 2. The second-order valence-electron chi connectivity index (χ2n) is 8.61.